The van der Waals surface area contributed by atoms with E-state index >= 15 is 0 Å². The van der Waals surface area contributed by atoms with Gasteiger partial charge in [-0.15, -0.1) is 0 Å². The Balaban J connectivity index is 1.66. The van der Waals surface area contributed by atoms with E-state index in [1.54, 1.807) is 4.90 Å². The first-order valence-electron chi connectivity index (χ1n) is 9.96. The molecule has 1 fully saturated rings. The molecule has 29 heavy (non-hydrogen) atoms. The summed E-state index contributed by atoms with van der Waals surface area (Å²) in [4.78, 5) is 20.3. The van der Waals surface area contributed by atoms with Crippen LogP contribution in [-0.2, 0) is 4.84 Å². The Bertz CT molecular complexity index is 937. The lowest BCUT2D eigenvalue weighted by Gasteiger charge is -2.42. The number of hydrogen-bond donors (Lipinski definition) is 1. The van der Waals surface area contributed by atoms with Gasteiger partial charge in [0.15, 0.2) is 0 Å². The molecule has 2 aromatic carbocycles. The highest BCUT2D eigenvalue weighted by Crippen LogP contribution is 2.36. The Hall–Kier alpha value is -2.92. The van der Waals surface area contributed by atoms with Gasteiger partial charge >= 0.3 is 6.09 Å². The largest absolute Gasteiger partial charge is 0.445 e. The van der Waals surface area contributed by atoms with Crippen molar-refractivity contribution in [2.45, 2.75) is 51.6 Å². The molecule has 1 N–H and O–H groups in total. The number of nitrogens with zero attached hydrogens (tertiary/aromatic N) is 2. The molecule has 0 bridgehead atoms. The molecule has 2 heterocycles. The standard InChI is InChI=1S/C24H27N3O2/c1-23(2)15-19(16-24(3,4)26-23)25-29-22(28)27-20-11-7-5-9-17(20)13-14-18-10-6-8-12-21(18)27/h5-14,26H,15-16H2,1-4H3. The number of carbonyl (C=O) groups is 1. The number of carbonyl (C=O) groups excluding carboxylic acids is 1. The number of benzene rings is 2. The van der Waals surface area contributed by atoms with Crippen LogP contribution in [0.25, 0.3) is 12.2 Å². The van der Waals surface area contributed by atoms with E-state index in [1.165, 1.54) is 0 Å². The highest BCUT2D eigenvalue weighted by Gasteiger charge is 2.36. The van der Waals surface area contributed by atoms with E-state index in [9.17, 15) is 4.79 Å². The average molecular weight is 389 g/mol. The summed E-state index contributed by atoms with van der Waals surface area (Å²) in [6, 6.07) is 15.6. The zero-order valence-electron chi connectivity index (χ0n) is 17.4. The minimum Gasteiger partial charge on any atom is -0.306 e. The fraction of sp³-hybridized carbons (Fsp3) is 0.333. The molecule has 2 aromatic rings. The summed E-state index contributed by atoms with van der Waals surface area (Å²) in [7, 11) is 0. The Morgan fingerprint density at radius 1 is 0.897 bits per heavy atom. The molecular weight excluding hydrogens is 362 g/mol. The summed E-state index contributed by atoms with van der Waals surface area (Å²) >= 11 is 0. The van der Waals surface area contributed by atoms with Gasteiger partial charge in [-0.1, -0.05) is 53.7 Å². The van der Waals surface area contributed by atoms with E-state index in [-0.39, 0.29) is 11.1 Å². The van der Waals surface area contributed by atoms with Crippen molar-refractivity contribution in [1.29, 1.82) is 0 Å². The number of piperidine rings is 1. The fourth-order valence-corrected chi connectivity index (χ4v) is 4.47. The van der Waals surface area contributed by atoms with Crippen molar-refractivity contribution in [1.82, 2.24) is 5.32 Å². The number of amides is 1. The maximum Gasteiger partial charge on any atom is 0.445 e. The van der Waals surface area contributed by atoms with Crippen molar-refractivity contribution in [2.75, 3.05) is 4.90 Å². The lowest BCUT2D eigenvalue weighted by molar-refractivity contribution is 0.157. The van der Waals surface area contributed by atoms with E-state index in [1.807, 2.05) is 60.7 Å². The predicted octanol–water partition coefficient (Wildman–Crippen LogP) is 5.74. The molecule has 2 aliphatic heterocycles. The minimum atomic E-state index is -0.504. The highest BCUT2D eigenvalue weighted by atomic mass is 16.7. The van der Waals surface area contributed by atoms with Crippen LogP contribution in [0.5, 0.6) is 0 Å². The molecule has 0 atom stereocenters. The van der Waals surface area contributed by atoms with Crippen molar-refractivity contribution in [3.8, 4) is 0 Å². The number of nitrogens with one attached hydrogen (secondary N) is 1. The summed E-state index contributed by atoms with van der Waals surface area (Å²) in [6.07, 6.45) is 5.00. The second kappa shape index (κ2) is 7.16. The van der Waals surface area contributed by atoms with Crippen LogP contribution in [0.2, 0.25) is 0 Å². The Morgan fingerprint density at radius 3 is 1.90 bits per heavy atom. The van der Waals surface area contributed by atoms with E-state index in [4.69, 9.17) is 4.84 Å². The van der Waals surface area contributed by atoms with Crippen molar-refractivity contribution in [3.05, 3.63) is 59.7 Å². The van der Waals surface area contributed by atoms with E-state index in [2.05, 4.69) is 38.2 Å². The van der Waals surface area contributed by atoms with Crippen molar-refractivity contribution in [3.63, 3.8) is 0 Å². The number of oxime groups is 1. The molecule has 4 rings (SSSR count). The topological polar surface area (TPSA) is 53.9 Å². The zero-order chi connectivity index (χ0) is 20.6. The first-order valence-corrected chi connectivity index (χ1v) is 9.96. The highest BCUT2D eigenvalue weighted by molar-refractivity contribution is 6.03. The molecule has 0 aliphatic carbocycles. The van der Waals surface area contributed by atoms with Gasteiger partial charge in [0.05, 0.1) is 17.1 Å². The Morgan fingerprint density at radius 2 is 1.38 bits per heavy atom. The van der Waals surface area contributed by atoms with Crippen molar-refractivity contribution in [2.24, 2.45) is 5.16 Å². The quantitative estimate of drug-likeness (QED) is 0.500. The fourth-order valence-electron chi connectivity index (χ4n) is 4.47. The number of para-hydroxylation sites is 2. The van der Waals surface area contributed by atoms with E-state index in [0.717, 1.165) is 41.1 Å². The first-order chi connectivity index (χ1) is 13.7. The van der Waals surface area contributed by atoms with Gasteiger partial charge in [-0.3, -0.25) is 4.84 Å². The molecule has 2 aliphatic rings. The van der Waals surface area contributed by atoms with Gasteiger partial charge in [0, 0.05) is 23.9 Å². The Kier molecular flexibility index (Phi) is 4.79. The van der Waals surface area contributed by atoms with Crippen LogP contribution in [0, 0.1) is 0 Å². The maximum absolute atomic E-state index is 13.2. The summed E-state index contributed by atoms with van der Waals surface area (Å²) < 4.78 is 0. The van der Waals surface area contributed by atoms with Gasteiger partial charge < -0.3 is 5.32 Å². The SMILES string of the molecule is CC1(C)CC(=NOC(=O)N2c3ccccc3C=Cc3ccccc32)CC(C)(C)N1. The lowest BCUT2D eigenvalue weighted by atomic mass is 9.81. The molecule has 0 unspecified atom stereocenters. The number of anilines is 2. The van der Waals surface area contributed by atoms with Crippen molar-refractivity contribution >= 4 is 35.3 Å². The van der Waals surface area contributed by atoms with Gasteiger partial charge in [-0.2, -0.15) is 0 Å². The molecule has 1 amide bonds. The van der Waals surface area contributed by atoms with Crippen LogP contribution < -0.4 is 10.2 Å². The van der Waals surface area contributed by atoms with Crippen molar-refractivity contribution < 1.29 is 9.63 Å². The smallest absolute Gasteiger partial charge is 0.306 e. The average Bonchev–Trinajstić information content (AvgIpc) is 2.80. The van der Waals surface area contributed by atoms with Gasteiger partial charge in [-0.05, 0) is 51.0 Å². The minimum absolute atomic E-state index is 0.0985. The summed E-state index contributed by atoms with van der Waals surface area (Å²) in [5.74, 6) is 0. The third-order valence-corrected chi connectivity index (χ3v) is 5.20. The normalized spacial score (nSPS) is 19.0. The molecule has 150 valence electrons. The third kappa shape index (κ3) is 4.10. The molecule has 5 nitrogen and oxygen atoms in total. The van der Waals surface area contributed by atoms with E-state index < -0.39 is 6.09 Å². The lowest BCUT2D eigenvalue weighted by Crippen LogP contribution is -2.58. The number of fused-ring (bicyclic) bond motifs is 2. The van der Waals surface area contributed by atoms with Crippen LogP contribution in [0.15, 0.2) is 53.7 Å². The second-order valence-electron chi connectivity index (χ2n) is 9.05. The molecule has 0 radical (unpaired) electrons. The molecule has 5 heteroatoms. The van der Waals surface area contributed by atoms with Gasteiger partial charge in [0.25, 0.3) is 0 Å². The van der Waals surface area contributed by atoms with Gasteiger partial charge in [0.1, 0.15) is 0 Å². The van der Waals surface area contributed by atoms with E-state index in [0.29, 0.717) is 0 Å². The van der Waals surface area contributed by atoms with Crippen LogP contribution in [-0.4, -0.2) is 22.9 Å². The molecule has 1 saturated heterocycles. The molecule has 0 spiro atoms. The van der Waals surface area contributed by atoms with Gasteiger partial charge in [-0.25, -0.2) is 9.69 Å². The number of hydrogen-bond acceptors (Lipinski definition) is 4. The third-order valence-electron chi connectivity index (χ3n) is 5.20. The summed E-state index contributed by atoms with van der Waals surface area (Å²) in [5, 5.41) is 7.90. The monoisotopic (exact) mass is 389 g/mol. The second-order valence-corrected chi connectivity index (χ2v) is 9.05. The van der Waals surface area contributed by atoms with Crippen LogP contribution in [0.4, 0.5) is 16.2 Å². The number of rotatable bonds is 1. The Labute approximate surface area is 172 Å². The van der Waals surface area contributed by atoms with Crippen LogP contribution in [0.3, 0.4) is 0 Å². The maximum atomic E-state index is 13.2. The predicted molar refractivity (Wildman–Crippen MR) is 118 cm³/mol. The first kappa shape index (κ1) is 19.4. The molecule has 0 aromatic heterocycles. The molecular formula is C24H27N3O2. The molecule has 0 saturated carbocycles. The summed E-state index contributed by atoms with van der Waals surface area (Å²) in [5.41, 5.74) is 4.17. The summed E-state index contributed by atoms with van der Waals surface area (Å²) in [6.45, 7) is 8.55. The van der Waals surface area contributed by atoms with Crippen LogP contribution >= 0.6 is 0 Å². The van der Waals surface area contributed by atoms with Crippen LogP contribution in [0.1, 0.15) is 51.7 Å². The van der Waals surface area contributed by atoms with Gasteiger partial charge in [0.2, 0.25) is 0 Å². The zero-order valence-corrected chi connectivity index (χ0v) is 17.4.